The van der Waals surface area contributed by atoms with E-state index in [0.29, 0.717) is 5.69 Å². The van der Waals surface area contributed by atoms with Gasteiger partial charge in [-0.1, -0.05) is 5.92 Å². The van der Waals surface area contributed by atoms with E-state index in [1.807, 2.05) is 13.2 Å². The first-order valence-electron chi connectivity index (χ1n) is 4.87. The number of nitrogens with zero attached hydrogens (tertiary/aromatic N) is 3. The zero-order chi connectivity index (χ0) is 12.3. The third kappa shape index (κ3) is 2.52. The Labute approximate surface area is 102 Å². The molecule has 0 unspecified atom stereocenters. The molecule has 0 atom stereocenters. The first-order valence-corrected chi connectivity index (χ1v) is 5.75. The standard InChI is InChI=1S/C11H10N4OS/c1-3-4-12-10(16)9-7-17-11(14-9)8-5-13-15(2)6-8/h1,5-7H,4H2,2H3,(H,12,16). The second-order valence-corrected chi connectivity index (χ2v) is 4.19. The highest BCUT2D eigenvalue weighted by Gasteiger charge is 2.11. The summed E-state index contributed by atoms with van der Waals surface area (Å²) in [5, 5.41) is 9.09. The Morgan fingerprint density at radius 3 is 3.18 bits per heavy atom. The topological polar surface area (TPSA) is 59.8 Å². The Balaban J connectivity index is 2.16. The van der Waals surface area contributed by atoms with Crippen LogP contribution in [0.15, 0.2) is 17.8 Å². The van der Waals surface area contributed by atoms with E-state index in [-0.39, 0.29) is 12.5 Å². The third-order valence-corrected chi connectivity index (χ3v) is 2.93. The van der Waals surface area contributed by atoms with Crippen LogP contribution in [0.2, 0.25) is 0 Å². The molecule has 0 saturated carbocycles. The molecule has 0 fully saturated rings. The average Bonchev–Trinajstić information content (AvgIpc) is 2.93. The Bertz CT molecular complexity index is 578. The number of amides is 1. The van der Waals surface area contributed by atoms with Crippen LogP contribution in [0.4, 0.5) is 0 Å². The number of aromatic nitrogens is 3. The average molecular weight is 246 g/mol. The van der Waals surface area contributed by atoms with Crippen molar-refractivity contribution in [2.45, 2.75) is 0 Å². The number of carbonyl (C=O) groups excluding carboxylic acids is 1. The molecule has 1 N–H and O–H groups in total. The summed E-state index contributed by atoms with van der Waals surface area (Å²) in [6.07, 6.45) is 8.62. The molecule has 0 aliphatic rings. The fraction of sp³-hybridized carbons (Fsp3) is 0.182. The Hall–Kier alpha value is -2.13. The van der Waals surface area contributed by atoms with Gasteiger partial charge in [-0.05, 0) is 0 Å². The molecule has 2 heterocycles. The van der Waals surface area contributed by atoms with Gasteiger partial charge >= 0.3 is 0 Å². The molecule has 17 heavy (non-hydrogen) atoms. The van der Waals surface area contributed by atoms with Gasteiger partial charge in [0.2, 0.25) is 0 Å². The second-order valence-electron chi connectivity index (χ2n) is 3.33. The molecule has 5 nitrogen and oxygen atoms in total. The van der Waals surface area contributed by atoms with Crippen LogP contribution in [0, 0.1) is 12.3 Å². The van der Waals surface area contributed by atoms with E-state index in [1.54, 1.807) is 16.3 Å². The molecule has 86 valence electrons. The van der Waals surface area contributed by atoms with Gasteiger partial charge in [0.15, 0.2) is 0 Å². The molecule has 0 bridgehead atoms. The van der Waals surface area contributed by atoms with Gasteiger partial charge in [0.1, 0.15) is 10.7 Å². The molecular formula is C11H10N4OS. The summed E-state index contributed by atoms with van der Waals surface area (Å²) < 4.78 is 1.69. The van der Waals surface area contributed by atoms with Gasteiger partial charge in [-0.25, -0.2) is 4.98 Å². The van der Waals surface area contributed by atoms with Crippen LogP contribution in [-0.4, -0.2) is 27.2 Å². The molecule has 1 amide bonds. The molecule has 2 aromatic rings. The minimum atomic E-state index is -0.255. The maximum Gasteiger partial charge on any atom is 0.271 e. The third-order valence-electron chi connectivity index (χ3n) is 2.04. The molecule has 0 aromatic carbocycles. The zero-order valence-corrected chi connectivity index (χ0v) is 9.99. The summed E-state index contributed by atoms with van der Waals surface area (Å²) in [6.45, 7) is 0.207. The van der Waals surface area contributed by atoms with Gasteiger partial charge in [0.05, 0.1) is 12.7 Å². The number of carbonyl (C=O) groups is 1. The summed E-state index contributed by atoms with van der Waals surface area (Å²) in [5.74, 6) is 2.09. The maximum absolute atomic E-state index is 11.6. The smallest absolute Gasteiger partial charge is 0.271 e. The van der Waals surface area contributed by atoms with Gasteiger partial charge < -0.3 is 5.32 Å². The first kappa shape index (κ1) is 11.4. The molecule has 2 rings (SSSR count). The number of hydrogen-bond donors (Lipinski definition) is 1. The highest BCUT2D eigenvalue weighted by atomic mass is 32.1. The van der Waals surface area contributed by atoms with Crippen molar-refractivity contribution in [1.29, 1.82) is 0 Å². The molecule has 0 aliphatic carbocycles. The van der Waals surface area contributed by atoms with E-state index in [1.165, 1.54) is 11.3 Å². The zero-order valence-electron chi connectivity index (χ0n) is 9.17. The maximum atomic E-state index is 11.6. The van der Waals surface area contributed by atoms with E-state index in [2.05, 4.69) is 21.3 Å². The lowest BCUT2D eigenvalue weighted by atomic mass is 10.4. The van der Waals surface area contributed by atoms with Crippen molar-refractivity contribution in [1.82, 2.24) is 20.1 Å². The molecular weight excluding hydrogens is 236 g/mol. The number of nitrogens with one attached hydrogen (secondary N) is 1. The van der Waals surface area contributed by atoms with Crippen molar-refractivity contribution >= 4 is 17.2 Å². The van der Waals surface area contributed by atoms with Crippen LogP contribution >= 0.6 is 11.3 Å². The number of terminal acetylenes is 1. The van der Waals surface area contributed by atoms with E-state index >= 15 is 0 Å². The van der Waals surface area contributed by atoms with Crippen LogP contribution in [0.3, 0.4) is 0 Å². The summed E-state index contributed by atoms with van der Waals surface area (Å²) in [6, 6.07) is 0. The van der Waals surface area contributed by atoms with Crippen molar-refractivity contribution in [3.05, 3.63) is 23.5 Å². The monoisotopic (exact) mass is 246 g/mol. The predicted octanol–water partition coefficient (Wildman–Crippen LogP) is 0.907. The van der Waals surface area contributed by atoms with Crippen molar-refractivity contribution < 1.29 is 4.79 Å². The quantitative estimate of drug-likeness (QED) is 0.819. The van der Waals surface area contributed by atoms with Crippen molar-refractivity contribution in [2.75, 3.05) is 6.54 Å². The molecule has 2 aromatic heterocycles. The minimum Gasteiger partial charge on any atom is -0.340 e. The van der Waals surface area contributed by atoms with Crippen LogP contribution in [0.5, 0.6) is 0 Å². The largest absolute Gasteiger partial charge is 0.340 e. The number of aryl methyl sites for hydroxylation is 1. The lowest BCUT2D eigenvalue weighted by molar-refractivity contribution is 0.0954. The molecule has 6 heteroatoms. The normalized spacial score (nSPS) is 9.88. The first-order chi connectivity index (χ1) is 8.20. The highest BCUT2D eigenvalue weighted by Crippen LogP contribution is 2.22. The molecule has 0 radical (unpaired) electrons. The molecule has 0 spiro atoms. The van der Waals surface area contributed by atoms with Crippen LogP contribution < -0.4 is 5.32 Å². The van der Waals surface area contributed by atoms with Gasteiger partial charge in [-0.3, -0.25) is 9.48 Å². The lowest BCUT2D eigenvalue weighted by Gasteiger charge is -1.95. The molecule has 0 saturated heterocycles. The van der Waals surface area contributed by atoms with Crippen molar-refractivity contribution in [2.24, 2.45) is 7.05 Å². The lowest BCUT2D eigenvalue weighted by Crippen LogP contribution is -2.23. The van der Waals surface area contributed by atoms with Gasteiger partial charge in [0.25, 0.3) is 5.91 Å². The van der Waals surface area contributed by atoms with E-state index < -0.39 is 0 Å². The predicted molar refractivity (Wildman–Crippen MR) is 65.5 cm³/mol. The van der Waals surface area contributed by atoms with Crippen LogP contribution in [0.25, 0.3) is 10.6 Å². The Morgan fingerprint density at radius 2 is 2.53 bits per heavy atom. The second kappa shape index (κ2) is 4.80. The van der Waals surface area contributed by atoms with Crippen LogP contribution in [0.1, 0.15) is 10.5 Å². The van der Waals surface area contributed by atoms with Gasteiger partial charge in [-0.15, -0.1) is 17.8 Å². The SMILES string of the molecule is C#CCNC(=O)c1csc(-c2cnn(C)c2)n1. The Kier molecular flexibility index (Phi) is 3.21. The molecule has 0 aliphatic heterocycles. The van der Waals surface area contributed by atoms with E-state index in [4.69, 9.17) is 6.42 Å². The van der Waals surface area contributed by atoms with Crippen LogP contribution in [-0.2, 0) is 7.05 Å². The Morgan fingerprint density at radius 1 is 1.71 bits per heavy atom. The number of hydrogen-bond acceptors (Lipinski definition) is 4. The fourth-order valence-corrected chi connectivity index (χ4v) is 2.04. The summed E-state index contributed by atoms with van der Waals surface area (Å²) in [4.78, 5) is 15.8. The van der Waals surface area contributed by atoms with Crippen molar-refractivity contribution in [3.8, 4) is 22.9 Å². The summed E-state index contributed by atoms with van der Waals surface area (Å²) >= 11 is 1.40. The number of thiazole rings is 1. The number of rotatable bonds is 3. The summed E-state index contributed by atoms with van der Waals surface area (Å²) in [5.41, 5.74) is 1.28. The van der Waals surface area contributed by atoms with Gasteiger partial charge in [-0.2, -0.15) is 5.10 Å². The highest BCUT2D eigenvalue weighted by molar-refractivity contribution is 7.13. The van der Waals surface area contributed by atoms with Gasteiger partial charge in [0, 0.05) is 24.2 Å². The summed E-state index contributed by atoms with van der Waals surface area (Å²) in [7, 11) is 1.83. The fourth-order valence-electron chi connectivity index (χ4n) is 1.26. The minimum absolute atomic E-state index is 0.207. The van der Waals surface area contributed by atoms with E-state index in [9.17, 15) is 4.79 Å². The van der Waals surface area contributed by atoms with Crippen molar-refractivity contribution in [3.63, 3.8) is 0 Å². The van der Waals surface area contributed by atoms with E-state index in [0.717, 1.165) is 10.6 Å².